The number of amides is 1. The summed E-state index contributed by atoms with van der Waals surface area (Å²) in [5.41, 5.74) is 2.16. The van der Waals surface area contributed by atoms with Gasteiger partial charge in [0.2, 0.25) is 5.91 Å². The fourth-order valence-electron chi connectivity index (χ4n) is 5.18. The number of piperidine rings is 1. The minimum absolute atomic E-state index is 0.262. The van der Waals surface area contributed by atoms with E-state index in [2.05, 4.69) is 42.8 Å². The van der Waals surface area contributed by atoms with Gasteiger partial charge in [0.05, 0.1) is 12.0 Å². The summed E-state index contributed by atoms with van der Waals surface area (Å²) < 4.78 is 0. The standard InChI is InChI=1S/C24H38N2O2/c1-4-15-25(3)19-24(28)11-9-23(10-12-24)13-16-26(17-14-23)22(27)18-21-8-6-5-7-20(21)2/h5-8,28H,4,9-19H2,1-3H3. The third kappa shape index (κ3) is 5.15. The highest BCUT2D eigenvalue weighted by atomic mass is 16.3. The first-order valence-corrected chi connectivity index (χ1v) is 11.1. The number of nitrogens with zero attached hydrogens (tertiary/aromatic N) is 2. The minimum atomic E-state index is -0.521. The van der Waals surface area contributed by atoms with Gasteiger partial charge in [0, 0.05) is 19.6 Å². The van der Waals surface area contributed by atoms with Gasteiger partial charge in [-0.25, -0.2) is 0 Å². The number of carbonyl (C=O) groups excluding carboxylic acids is 1. The molecular formula is C24H38N2O2. The molecule has 2 aliphatic rings. The molecule has 1 aliphatic carbocycles. The number of hydrogen-bond acceptors (Lipinski definition) is 3. The van der Waals surface area contributed by atoms with E-state index in [0.29, 0.717) is 11.8 Å². The molecule has 1 heterocycles. The summed E-state index contributed by atoms with van der Waals surface area (Å²) in [6.45, 7) is 7.85. The van der Waals surface area contributed by atoms with Crippen LogP contribution in [0.25, 0.3) is 0 Å². The summed E-state index contributed by atoms with van der Waals surface area (Å²) in [6, 6.07) is 8.19. The molecule has 156 valence electrons. The first kappa shape index (κ1) is 21.3. The van der Waals surface area contributed by atoms with E-state index >= 15 is 0 Å². The fourth-order valence-corrected chi connectivity index (χ4v) is 5.18. The van der Waals surface area contributed by atoms with Crippen LogP contribution in [0.3, 0.4) is 0 Å². The van der Waals surface area contributed by atoms with Gasteiger partial charge in [-0.3, -0.25) is 4.79 Å². The van der Waals surface area contributed by atoms with Crippen molar-refractivity contribution in [1.29, 1.82) is 0 Å². The molecule has 4 nitrogen and oxygen atoms in total. The third-order valence-corrected chi connectivity index (χ3v) is 7.19. The molecule has 1 aromatic rings. The second-order valence-electron chi connectivity index (χ2n) is 9.45. The fraction of sp³-hybridized carbons (Fsp3) is 0.708. The van der Waals surface area contributed by atoms with Crippen LogP contribution < -0.4 is 0 Å². The average molecular weight is 387 g/mol. The number of carbonyl (C=O) groups is 1. The Morgan fingerprint density at radius 1 is 1.11 bits per heavy atom. The largest absolute Gasteiger partial charge is 0.389 e. The molecule has 2 fully saturated rings. The Kier molecular flexibility index (Phi) is 6.82. The van der Waals surface area contributed by atoms with Gasteiger partial charge in [-0.1, -0.05) is 31.2 Å². The maximum absolute atomic E-state index is 12.8. The molecule has 1 saturated carbocycles. The monoisotopic (exact) mass is 386 g/mol. The maximum atomic E-state index is 12.8. The van der Waals surface area contributed by atoms with E-state index in [1.807, 2.05) is 12.1 Å². The molecule has 0 atom stereocenters. The number of aliphatic hydroxyl groups is 1. The second kappa shape index (κ2) is 8.96. The van der Waals surface area contributed by atoms with Crippen molar-refractivity contribution in [3.05, 3.63) is 35.4 Å². The van der Waals surface area contributed by atoms with Crippen LogP contribution in [0.15, 0.2) is 24.3 Å². The van der Waals surface area contributed by atoms with Crippen LogP contribution in [0.1, 0.15) is 63.0 Å². The van der Waals surface area contributed by atoms with Crippen molar-refractivity contribution >= 4 is 5.91 Å². The lowest BCUT2D eigenvalue weighted by atomic mass is 9.64. The summed E-state index contributed by atoms with van der Waals surface area (Å²) >= 11 is 0. The van der Waals surface area contributed by atoms with Gasteiger partial charge in [0.25, 0.3) is 0 Å². The molecule has 1 spiro atoms. The van der Waals surface area contributed by atoms with Crippen molar-refractivity contribution in [1.82, 2.24) is 9.80 Å². The SMILES string of the molecule is CCCN(C)CC1(O)CCC2(CCN(C(=O)Cc3ccccc3C)CC2)CC1. The Balaban J connectivity index is 1.49. The van der Waals surface area contributed by atoms with Crippen LogP contribution >= 0.6 is 0 Å². The van der Waals surface area contributed by atoms with Crippen LogP contribution in [-0.4, -0.2) is 59.6 Å². The van der Waals surface area contributed by atoms with Crippen molar-refractivity contribution in [2.45, 2.75) is 70.8 Å². The molecule has 1 saturated heterocycles. The highest BCUT2D eigenvalue weighted by molar-refractivity contribution is 5.79. The molecule has 0 unspecified atom stereocenters. The van der Waals surface area contributed by atoms with E-state index in [9.17, 15) is 9.90 Å². The zero-order chi connectivity index (χ0) is 20.2. The molecule has 1 amide bonds. The maximum Gasteiger partial charge on any atom is 0.226 e. The smallest absolute Gasteiger partial charge is 0.226 e. The van der Waals surface area contributed by atoms with Crippen LogP contribution in [0.4, 0.5) is 0 Å². The Labute approximate surface area is 170 Å². The van der Waals surface area contributed by atoms with Crippen LogP contribution in [0.2, 0.25) is 0 Å². The van der Waals surface area contributed by atoms with E-state index in [1.54, 1.807) is 0 Å². The first-order chi connectivity index (χ1) is 13.3. The molecule has 0 bridgehead atoms. The van der Waals surface area contributed by atoms with Crippen LogP contribution in [0.5, 0.6) is 0 Å². The molecule has 0 aromatic heterocycles. The number of likely N-dealkylation sites (N-methyl/N-ethyl adjacent to an activating group) is 1. The highest BCUT2D eigenvalue weighted by Crippen LogP contribution is 2.47. The first-order valence-electron chi connectivity index (χ1n) is 11.1. The van der Waals surface area contributed by atoms with Gasteiger partial charge in [-0.15, -0.1) is 0 Å². The lowest BCUT2D eigenvalue weighted by Gasteiger charge is -2.49. The number of aryl methyl sites for hydroxylation is 1. The molecule has 0 radical (unpaired) electrons. The number of likely N-dealkylation sites (tertiary alicyclic amines) is 1. The Morgan fingerprint density at radius 2 is 1.75 bits per heavy atom. The van der Waals surface area contributed by atoms with Crippen LogP contribution in [-0.2, 0) is 11.2 Å². The summed E-state index contributed by atoms with van der Waals surface area (Å²) in [5.74, 6) is 0.262. The average Bonchev–Trinajstić information content (AvgIpc) is 2.67. The van der Waals surface area contributed by atoms with E-state index in [1.165, 1.54) is 5.56 Å². The van der Waals surface area contributed by atoms with Gasteiger partial charge in [-0.05, 0) is 82.0 Å². The Bertz CT molecular complexity index is 654. The van der Waals surface area contributed by atoms with Gasteiger partial charge in [-0.2, -0.15) is 0 Å². The van der Waals surface area contributed by atoms with Gasteiger partial charge >= 0.3 is 0 Å². The summed E-state index contributed by atoms with van der Waals surface area (Å²) in [4.78, 5) is 17.1. The number of benzene rings is 1. The number of hydrogen-bond donors (Lipinski definition) is 1. The molecule has 1 aliphatic heterocycles. The summed E-state index contributed by atoms with van der Waals surface area (Å²) in [6.07, 6.45) is 7.83. The second-order valence-corrected chi connectivity index (χ2v) is 9.45. The molecule has 4 heteroatoms. The van der Waals surface area contributed by atoms with Gasteiger partial charge < -0.3 is 14.9 Å². The Hall–Kier alpha value is -1.39. The normalized spacial score (nSPS) is 21.2. The van der Waals surface area contributed by atoms with E-state index < -0.39 is 5.60 Å². The van der Waals surface area contributed by atoms with Crippen molar-refractivity contribution in [3.8, 4) is 0 Å². The summed E-state index contributed by atoms with van der Waals surface area (Å²) in [7, 11) is 2.12. The molecule has 3 rings (SSSR count). The zero-order valence-corrected chi connectivity index (χ0v) is 18.0. The predicted octanol–water partition coefficient (Wildman–Crippen LogP) is 3.79. The zero-order valence-electron chi connectivity index (χ0n) is 18.0. The van der Waals surface area contributed by atoms with Gasteiger partial charge in [0.1, 0.15) is 0 Å². The Morgan fingerprint density at radius 3 is 2.36 bits per heavy atom. The predicted molar refractivity (Wildman–Crippen MR) is 114 cm³/mol. The van der Waals surface area contributed by atoms with Crippen molar-refractivity contribution in [3.63, 3.8) is 0 Å². The van der Waals surface area contributed by atoms with Crippen molar-refractivity contribution in [2.24, 2.45) is 5.41 Å². The van der Waals surface area contributed by atoms with Gasteiger partial charge in [0.15, 0.2) is 0 Å². The highest BCUT2D eigenvalue weighted by Gasteiger charge is 2.43. The van der Waals surface area contributed by atoms with Crippen molar-refractivity contribution in [2.75, 3.05) is 33.2 Å². The molecule has 28 heavy (non-hydrogen) atoms. The minimum Gasteiger partial charge on any atom is -0.389 e. The molecule has 1 N–H and O–H groups in total. The topological polar surface area (TPSA) is 43.8 Å². The van der Waals surface area contributed by atoms with E-state index in [4.69, 9.17) is 0 Å². The quantitative estimate of drug-likeness (QED) is 0.809. The number of rotatable bonds is 6. The van der Waals surface area contributed by atoms with E-state index in [-0.39, 0.29) is 5.91 Å². The van der Waals surface area contributed by atoms with E-state index in [0.717, 1.165) is 76.7 Å². The third-order valence-electron chi connectivity index (χ3n) is 7.19. The summed E-state index contributed by atoms with van der Waals surface area (Å²) in [5, 5.41) is 11.0. The van der Waals surface area contributed by atoms with Crippen molar-refractivity contribution < 1.29 is 9.90 Å². The molecule has 1 aromatic carbocycles. The lowest BCUT2D eigenvalue weighted by molar-refractivity contribution is -0.134. The lowest BCUT2D eigenvalue weighted by Crippen LogP contribution is -2.50. The molecular weight excluding hydrogens is 348 g/mol. The van der Waals surface area contributed by atoms with Crippen LogP contribution in [0, 0.1) is 12.3 Å².